The summed E-state index contributed by atoms with van der Waals surface area (Å²) in [6.45, 7) is 4.85. The lowest BCUT2D eigenvalue weighted by atomic mass is 9.88. The monoisotopic (exact) mass is 238 g/mol. The molecule has 0 saturated carbocycles. The second kappa shape index (κ2) is 4.44. The van der Waals surface area contributed by atoms with Crippen LogP contribution < -0.4 is 5.73 Å². The normalized spacial score (nSPS) is 23.5. The highest BCUT2D eigenvalue weighted by molar-refractivity contribution is 5.75. The summed E-state index contributed by atoms with van der Waals surface area (Å²) >= 11 is 0. The van der Waals surface area contributed by atoms with Crippen molar-refractivity contribution < 1.29 is 9.53 Å². The topological polar surface area (TPSA) is 93.9 Å². The Morgan fingerprint density at radius 2 is 2.41 bits per heavy atom. The number of nitrogens with zero attached hydrogens (tertiary/aromatic N) is 2. The smallest absolute Gasteiger partial charge is 0.225 e. The van der Waals surface area contributed by atoms with Crippen LogP contribution in [0.2, 0.25) is 0 Å². The fourth-order valence-electron chi connectivity index (χ4n) is 2.19. The van der Waals surface area contributed by atoms with Gasteiger partial charge >= 0.3 is 0 Å². The van der Waals surface area contributed by atoms with Crippen molar-refractivity contribution in [1.29, 1.82) is 0 Å². The standard InChI is InChI=1S/C11H18N4O2/c1-11(2)6-7(3-4-17-11)10-13-9(14-15-10)5-8(12)16/h7H,3-6H2,1-2H3,(H2,12,16)(H,13,14,15). The molecule has 0 spiro atoms. The van der Waals surface area contributed by atoms with Gasteiger partial charge in [-0.15, -0.1) is 0 Å². The summed E-state index contributed by atoms with van der Waals surface area (Å²) in [5, 5.41) is 6.92. The van der Waals surface area contributed by atoms with E-state index in [1.807, 2.05) is 0 Å². The average molecular weight is 238 g/mol. The number of hydrogen-bond donors (Lipinski definition) is 2. The molecule has 1 aliphatic heterocycles. The number of hydrogen-bond acceptors (Lipinski definition) is 4. The Balaban J connectivity index is 2.06. The summed E-state index contributed by atoms with van der Waals surface area (Å²) in [4.78, 5) is 15.1. The molecule has 1 aliphatic rings. The van der Waals surface area contributed by atoms with E-state index in [4.69, 9.17) is 10.5 Å². The van der Waals surface area contributed by atoms with E-state index in [2.05, 4.69) is 29.0 Å². The highest BCUT2D eigenvalue weighted by Gasteiger charge is 2.31. The zero-order chi connectivity index (χ0) is 12.5. The number of ether oxygens (including phenoxy) is 1. The van der Waals surface area contributed by atoms with E-state index in [1.54, 1.807) is 0 Å². The van der Waals surface area contributed by atoms with Gasteiger partial charge in [-0.25, -0.2) is 4.98 Å². The first-order valence-corrected chi connectivity index (χ1v) is 5.80. The van der Waals surface area contributed by atoms with Gasteiger partial charge in [-0.1, -0.05) is 0 Å². The summed E-state index contributed by atoms with van der Waals surface area (Å²) in [5.41, 5.74) is 4.98. The number of nitrogens with one attached hydrogen (secondary N) is 1. The second-order valence-electron chi connectivity index (χ2n) is 5.08. The number of rotatable bonds is 3. The van der Waals surface area contributed by atoms with Crippen LogP contribution in [0.3, 0.4) is 0 Å². The first kappa shape index (κ1) is 12.0. The Morgan fingerprint density at radius 1 is 1.65 bits per heavy atom. The van der Waals surface area contributed by atoms with E-state index in [0.29, 0.717) is 5.82 Å². The van der Waals surface area contributed by atoms with Crippen molar-refractivity contribution in [3.63, 3.8) is 0 Å². The van der Waals surface area contributed by atoms with Crippen LogP contribution >= 0.6 is 0 Å². The zero-order valence-corrected chi connectivity index (χ0v) is 10.2. The van der Waals surface area contributed by atoms with Gasteiger partial charge in [-0.05, 0) is 26.7 Å². The van der Waals surface area contributed by atoms with Crippen molar-refractivity contribution in [2.45, 2.75) is 44.6 Å². The van der Waals surface area contributed by atoms with Gasteiger partial charge in [0.2, 0.25) is 5.91 Å². The predicted octanol–water partition coefficient (Wildman–Crippen LogP) is 0.505. The Labute approximate surface area is 99.9 Å². The molecule has 1 fully saturated rings. The fraction of sp³-hybridized carbons (Fsp3) is 0.727. The molecular weight excluding hydrogens is 220 g/mol. The summed E-state index contributed by atoms with van der Waals surface area (Å²) < 4.78 is 5.65. The number of aromatic amines is 1. The van der Waals surface area contributed by atoms with E-state index in [0.717, 1.165) is 25.3 Å². The van der Waals surface area contributed by atoms with Gasteiger partial charge in [-0.3, -0.25) is 9.89 Å². The maximum atomic E-state index is 10.8. The van der Waals surface area contributed by atoms with Gasteiger partial charge in [0.1, 0.15) is 5.82 Å². The summed E-state index contributed by atoms with van der Waals surface area (Å²) in [5.74, 6) is 1.19. The number of carbonyl (C=O) groups excluding carboxylic acids is 1. The molecule has 2 heterocycles. The molecule has 1 atom stereocenters. The molecule has 94 valence electrons. The van der Waals surface area contributed by atoms with Crippen LogP contribution in [0.25, 0.3) is 0 Å². The van der Waals surface area contributed by atoms with Crippen LogP contribution in [0.15, 0.2) is 0 Å². The lowest BCUT2D eigenvalue weighted by Crippen LogP contribution is -2.33. The third-order valence-electron chi connectivity index (χ3n) is 2.95. The second-order valence-corrected chi connectivity index (χ2v) is 5.08. The Bertz CT molecular complexity index is 413. The van der Waals surface area contributed by atoms with Crippen molar-refractivity contribution >= 4 is 5.91 Å². The van der Waals surface area contributed by atoms with E-state index < -0.39 is 5.91 Å². The van der Waals surface area contributed by atoms with Crippen molar-refractivity contribution in [2.75, 3.05) is 6.61 Å². The molecule has 0 aromatic carbocycles. The van der Waals surface area contributed by atoms with Crippen LogP contribution in [0.4, 0.5) is 0 Å². The zero-order valence-electron chi connectivity index (χ0n) is 10.2. The first-order chi connectivity index (χ1) is 7.96. The molecule has 1 aromatic rings. The van der Waals surface area contributed by atoms with E-state index >= 15 is 0 Å². The van der Waals surface area contributed by atoms with Crippen molar-refractivity contribution in [2.24, 2.45) is 5.73 Å². The van der Waals surface area contributed by atoms with Gasteiger partial charge in [0, 0.05) is 12.5 Å². The van der Waals surface area contributed by atoms with Gasteiger partial charge in [0.05, 0.1) is 12.0 Å². The maximum Gasteiger partial charge on any atom is 0.225 e. The van der Waals surface area contributed by atoms with Gasteiger partial charge in [0.15, 0.2) is 5.82 Å². The molecular formula is C11H18N4O2. The van der Waals surface area contributed by atoms with Crippen LogP contribution in [0, 0.1) is 0 Å². The molecule has 17 heavy (non-hydrogen) atoms. The predicted molar refractivity (Wildman–Crippen MR) is 61.3 cm³/mol. The minimum atomic E-state index is -0.403. The van der Waals surface area contributed by atoms with E-state index in [-0.39, 0.29) is 17.9 Å². The number of amides is 1. The third-order valence-corrected chi connectivity index (χ3v) is 2.95. The van der Waals surface area contributed by atoms with Crippen LogP contribution in [0.1, 0.15) is 44.3 Å². The van der Waals surface area contributed by atoms with Gasteiger partial charge in [-0.2, -0.15) is 5.10 Å². The third kappa shape index (κ3) is 3.03. The van der Waals surface area contributed by atoms with Crippen molar-refractivity contribution in [3.05, 3.63) is 11.6 Å². The molecule has 0 bridgehead atoms. The molecule has 1 aromatic heterocycles. The minimum absolute atomic E-state index is 0.111. The number of primary amides is 1. The lowest BCUT2D eigenvalue weighted by molar-refractivity contribution is -0.117. The average Bonchev–Trinajstić information content (AvgIpc) is 2.63. The van der Waals surface area contributed by atoms with Gasteiger partial charge < -0.3 is 10.5 Å². The lowest BCUT2D eigenvalue weighted by Gasteiger charge is -2.34. The number of carbonyl (C=O) groups is 1. The van der Waals surface area contributed by atoms with Crippen molar-refractivity contribution in [1.82, 2.24) is 15.2 Å². The largest absolute Gasteiger partial charge is 0.376 e. The number of H-pyrrole nitrogens is 1. The molecule has 6 nitrogen and oxygen atoms in total. The quantitative estimate of drug-likeness (QED) is 0.802. The Hall–Kier alpha value is -1.43. The molecule has 3 N–H and O–H groups in total. The highest BCUT2D eigenvalue weighted by atomic mass is 16.5. The molecule has 1 unspecified atom stereocenters. The van der Waals surface area contributed by atoms with Crippen molar-refractivity contribution in [3.8, 4) is 0 Å². The van der Waals surface area contributed by atoms with E-state index in [9.17, 15) is 4.79 Å². The molecule has 1 saturated heterocycles. The maximum absolute atomic E-state index is 10.8. The SMILES string of the molecule is CC1(C)CC(c2n[nH]c(CC(N)=O)n2)CCO1. The fourth-order valence-corrected chi connectivity index (χ4v) is 2.19. The first-order valence-electron chi connectivity index (χ1n) is 5.80. The summed E-state index contributed by atoms with van der Waals surface area (Å²) in [6.07, 6.45) is 1.91. The Morgan fingerprint density at radius 3 is 3.06 bits per heavy atom. The van der Waals surface area contributed by atoms with Crippen LogP contribution in [-0.2, 0) is 16.0 Å². The summed E-state index contributed by atoms with van der Waals surface area (Å²) in [7, 11) is 0. The molecule has 1 amide bonds. The summed E-state index contributed by atoms with van der Waals surface area (Å²) in [6, 6.07) is 0. The minimum Gasteiger partial charge on any atom is -0.376 e. The Kier molecular flexibility index (Phi) is 3.15. The molecule has 2 rings (SSSR count). The van der Waals surface area contributed by atoms with E-state index in [1.165, 1.54) is 0 Å². The number of nitrogens with two attached hydrogens (primary N) is 1. The van der Waals surface area contributed by atoms with Crippen LogP contribution in [0.5, 0.6) is 0 Å². The molecule has 0 aliphatic carbocycles. The molecule has 6 heteroatoms. The van der Waals surface area contributed by atoms with Crippen LogP contribution in [-0.4, -0.2) is 33.3 Å². The highest BCUT2D eigenvalue weighted by Crippen LogP contribution is 2.33. The number of aromatic nitrogens is 3. The van der Waals surface area contributed by atoms with Gasteiger partial charge in [0.25, 0.3) is 0 Å². The molecule has 0 radical (unpaired) electrons.